The van der Waals surface area contributed by atoms with Crippen molar-refractivity contribution in [3.05, 3.63) is 6.20 Å². The molecule has 1 fully saturated rings. The molecule has 3 N–H and O–H groups in total. The Morgan fingerprint density at radius 3 is 2.89 bits per heavy atom. The maximum absolute atomic E-state index is 11.8. The summed E-state index contributed by atoms with van der Waals surface area (Å²) in [4.78, 5) is 15.8. The molecule has 0 aliphatic heterocycles. The Balaban J connectivity index is 1.69. The smallest absolute Gasteiger partial charge is 0.230 e. The van der Waals surface area contributed by atoms with Crippen LogP contribution in [-0.4, -0.2) is 22.7 Å². The average molecular weight is 285 g/mol. The van der Waals surface area contributed by atoms with Gasteiger partial charge in [0.2, 0.25) is 5.91 Å². The molecule has 6 heteroatoms. The van der Waals surface area contributed by atoms with E-state index in [2.05, 4.69) is 17.2 Å². The Morgan fingerprint density at radius 2 is 2.28 bits per heavy atom. The van der Waals surface area contributed by atoms with E-state index in [1.807, 2.05) is 0 Å². The van der Waals surface area contributed by atoms with Gasteiger partial charge in [0.15, 0.2) is 5.13 Å². The van der Waals surface area contributed by atoms with Gasteiger partial charge in [-0.3, -0.25) is 4.79 Å². The molecule has 0 aromatic carbocycles. The summed E-state index contributed by atoms with van der Waals surface area (Å²) in [6, 6.07) is 0.376. The number of nitrogens with zero attached hydrogens (tertiary/aromatic N) is 1. The van der Waals surface area contributed by atoms with Gasteiger partial charge < -0.3 is 11.1 Å². The lowest BCUT2D eigenvalue weighted by molar-refractivity contribution is -0.119. The minimum atomic E-state index is 0.117. The Hall–Kier alpha value is -0.750. The second kappa shape index (κ2) is 6.43. The third kappa shape index (κ3) is 4.17. The molecule has 2 rings (SSSR count). The van der Waals surface area contributed by atoms with Gasteiger partial charge in [-0.05, 0) is 31.6 Å². The van der Waals surface area contributed by atoms with Crippen LogP contribution in [0.4, 0.5) is 5.13 Å². The molecule has 0 radical (unpaired) electrons. The van der Waals surface area contributed by atoms with Crippen LogP contribution in [0.3, 0.4) is 0 Å². The fraction of sp³-hybridized carbons (Fsp3) is 0.667. The number of thioether (sulfide) groups is 1. The number of rotatable bonds is 4. The number of amides is 1. The van der Waals surface area contributed by atoms with E-state index in [-0.39, 0.29) is 5.91 Å². The molecule has 1 heterocycles. The second-order valence-electron chi connectivity index (χ2n) is 4.83. The molecule has 0 spiro atoms. The Kier molecular flexibility index (Phi) is 4.88. The zero-order valence-electron chi connectivity index (χ0n) is 10.5. The van der Waals surface area contributed by atoms with E-state index in [1.165, 1.54) is 35.9 Å². The molecule has 1 aromatic heterocycles. The fourth-order valence-corrected chi connectivity index (χ4v) is 3.72. The lowest BCUT2D eigenvalue weighted by Crippen LogP contribution is -2.38. The van der Waals surface area contributed by atoms with Crippen molar-refractivity contribution < 1.29 is 4.79 Å². The molecule has 4 nitrogen and oxygen atoms in total. The predicted octanol–water partition coefficient (Wildman–Crippen LogP) is 2.51. The van der Waals surface area contributed by atoms with E-state index >= 15 is 0 Å². The Morgan fingerprint density at radius 1 is 1.56 bits per heavy atom. The number of nitrogens with one attached hydrogen (secondary N) is 1. The topological polar surface area (TPSA) is 68.0 Å². The van der Waals surface area contributed by atoms with Crippen LogP contribution in [0, 0.1) is 5.92 Å². The summed E-state index contributed by atoms with van der Waals surface area (Å²) in [5, 5.41) is 3.66. The first-order valence-corrected chi connectivity index (χ1v) is 8.07. The summed E-state index contributed by atoms with van der Waals surface area (Å²) < 4.78 is 1.000. The summed E-state index contributed by atoms with van der Waals surface area (Å²) in [6.45, 7) is 2.28. The molecular weight excluding hydrogens is 266 g/mol. The SMILES string of the molecule is CC1CCC(NC(=O)CSc2cnc(N)s2)CC1. The zero-order chi connectivity index (χ0) is 13.0. The van der Waals surface area contributed by atoms with Crippen LogP contribution in [0.15, 0.2) is 10.4 Å². The van der Waals surface area contributed by atoms with Crippen LogP contribution in [0.1, 0.15) is 32.6 Å². The third-order valence-electron chi connectivity index (χ3n) is 3.23. The van der Waals surface area contributed by atoms with Crippen molar-refractivity contribution in [1.29, 1.82) is 0 Å². The molecule has 1 aliphatic carbocycles. The summed E-state index contributed by atoms with van der Waals surface area (Å²) in [5.74, 6) is 1.38. The number of hydrogen-bond donors (Lipinski definition) is 2. The van der Waals surface area contributed by atoms with Gasteiger partial charge in [0.25, 0.3) is 0 Å². The normalized spacial score (nSPS) is 23.8. The van der Waals surface area contributed by atoms with Crippen molar-refractivity contribution >= 4 is 34.1 Å². The monoisotopic (exact) mass is 285 g/mol. The van der Waals surface area contributed by atoms with Crippen LogP contribution in [0.2, 0.25) is 0 Å². The quantitative estimate of drug-likeness (QED) is 0.834. The molecule has 1 saturated carbocycles. The molecule has 0 unspecified atom stereocenters. The lowest BCUT2D eigenvalue weighted by atomic mass is 9.87. The van der Waals surface area contributed by atoms with Crippen molar-refractivity contribution in [1.82, 2.24) is 10.3 Å². The largest absolute Gasteiger partial charge is 0.375 e. The van der Waals surface area contributed by atoms with Crippen molar-refractivity contribution in [3.63, 3.8) is 0 Å². The highest BCUT2D eigenvalue weighted by molar-refractivity contribution is 8.01. The van der Waals surface area contributed by atoms with Crippen LogP contribution in [-0.2, 0) is 4.79 Å². The van der Waals surface area contributed by atoms with Crippen molar-refractivity contribution in [3.8, 4) is 0 Å². The Labute approximate surface area is 116 Å². The van der Waals surface area contributed by atoms with Crippen LogP contribution >= 0.6 is 23.1 Å². The molecule has 0 atom stereocenters. The van der Waals surface area contributed by atoms with Gasteiger partial charge in [-0.2, -0.15) is 0 Å². The minimum absolute atomic E-state index is 0.117. The van der Waals surface area contributed by atoms with E-state index in [4.69, 9.17) is 5.73 Å². The molecule has 1 amide bonds. The number of hydrogen-bond acceptors (Lipinski definition) is 5. The highest BCUT2D eigenvalue weighted by Crippen LogP contribution is 2.26. The van der Waals surface area contributed by atoms with Gasteiger partial charge in [-0.1, -0.05) is 18.3 Å². The summed E-state index contributed by atoms with van der Waals surface area (Å²) in [6.07, 6.45) is 6.41. The molecular formula is C12H19N3OS2. The molecule has 0 bridgehead atoms. The third-order valence-corrected chi connectivity index (χ3v) is 5.25. The summed E-state index contributed by atoms with van der Waals surface area (Å²) in [7, 11) is 0. The van der Waals surface area contributed by atoms with Crippen LogP contribution < -0.4 is 11.1 Å². The second-order valence-corrected chi connectivity index (χ2v) is 7.17. The number of carbonyl (C=O) groups excluding carboxylic acids is 1. The van der Waals surface area contributed by atoms with Gasteiger partial charge in [0.05, 0.1) is 16.2 Å². The minimum Gasteiger partial charge on any atom is -0.375 e. The fourth-order valence-electron chi connectivity index (χ4n) is 2.15. The van der Waals surface area contributed by atoms with Crippen LogP contribution in [0.5, 0.6) is 0 Å². The number of thiazole rings is 1. The number of anilines is 1. The van der Waals surface area contributed by atoms with Crippen molar-refractivity contribution in [2.24, 2.45) is 5.92 Å². The molecule has 1 aromatic rings. The van der Waals surface area contributed by atoms with Gasteiger partial charge >= 0.3 is 0 Å². The maximum atomic E-state index is 11.8. The van der Waals surface area contributed by atoms with E-state index in [0.717, 1.165) is 23.0 Å². The predicted molar refractivity (Wildman–Crippen MR) is 76.8 cm³/mol. The highest BCUT2D eigenvalue weighted by atomic mass is 32.2. The molecule has 18 heavy (non-hydrogen) atoms. The van der Waals surface area contributed by atoms with E-state index in [1.54, 1.807) is 6.20 Å². The number of aromatic nitrogens is 1. The van der Waals surface area contributed by atoms with Crippen LogP contribution in [0.25, 0.3) is 0 Å². The van der Waals surface area contributed by atoms with Gasteiger partial charge in [0.1, 0.15) is 0 Å². The number of carbonyl (C=O) groups is 1. The van der Waals surface area contributed by atoms with Gasteiger partial charge in [-0.25, -0.2) is 4.98 Å². The van der Waals surface area contributed by atoms with Crippen molar-refractivity contribution in [2.45, 2.75) is 42.9 Å². The maximum Gasteiger partial charge on any atom is 0.230 e. The average Bonchev–Trinajstić information content (AvgIpc) is 2.76. The van der Waals surface area contributed by atoms with E-state index < -0.39 is 0 Å². The first-order chi connectivity index (χ1) is 8.63. The number of nitrogen functional groups attached to an aromatic ring is 1. The van der Waals surface area contributed by atoms with Crippen molar-refractivity contribution in [2.75, 3.05) is 11.5 Å². The zero-order valence-corrected chi connectivity index (χ0v) is 12.1. The summed E-state index contributed by atoms with van der Waals surface area (Å²) in [5.41, 5.74) is 5.54. The lowest BCUT2D eigenvalue weighted by Gasteiger charge is -2.26. The molecule has 1 aliphatic rings. The Bertz CT molecular complexity index is 400. The van der Waals surface area contributed by atoms with Gasteiger partial charge in [-0.15, -0.1) is 11.8 Å². The first kappa shape index (κ1) is 13.7. The highest BCUT2D eigenvalue weighted by Gasteiger charge is 2.19. The van der Waals surface area contributed by atoms with E-state index in [9.17, 15) is 4.79 Å². The van der Waals surface area contributed by atoms with E-state index in [0.29, 0.717) is 16.9 Å². The number of nitrogens with two attached hydrogens (primary N) is 1. The molecule has 100 valence electrons. The van der Waals surface area contributed by atoms with Gasteiger partial charge in [0, 0.05) is 6.04 Å². The first-order valence-electron chi connectivity index (χ1n) is 6.27. The summed E-state index contributed by atoms with van der Waals surface area (Å²) >= 11 is 2.93. The standard InChI is InChI=1S/C12H19N3OS2/c1-8-2-4-9(5-3-8)15-10(16)7-17-11-6-14-12(13)18-11/h6,8-9H,2-5,7H2,1H3,(H2,13,14)(H,15,16). The molecule has 0 saturated heterocycles.